The highest BCUT2D eigenvalue weighted by Gasteiger charge is 2.23. The molecule has 2 heterocycles. The summed E-state index contributed by atoms with van der Waals surface area (Å²) in [5.41, 5.74) is 4.72. The zero-order valence-corrected chi connectivity index (χ0v) is 15.3. The largest absolute Gasteiger partial charge is 0.352 e. The highest BCUT2D eigenvalue weighted by Crippen LogP contribution is 2.28. The van der Waals surface area contributed by atoms with Crippen molar-refractivity contribution in [1.29, 1.82) is 0 Å². The van der Waals surface area contributed by atoms with Crippen molar-refractivity contribution in [2.75, 3.05) is 18.0 Å². The minimum absolute atomic E-state index is 0.0398. The summed E-state index contributed by atoms with van der Waals surface area (Å²) < 4.78 is 2.10. The predicted molar refractivity (Wildman–Crippen MR) is 105 cm³/mol. The number of nitrogens with zero attached hydrogens (tertiary/aromatic N) is 3. The van der Waals surface area contributed by atoms with Gasteiger partial charge in [0.1, 0.15) is 0 Å². The van der Waals surface area contributed by atoms with Gasteiger partial charge in [-0.3, -0.25) is 9.59 Å². The molecule has 2 aromatic carbocycles. The van der Waals surface area contributed by atoms with E-state index in [0.29, 0.717) is 18.7 Å². The van der Waals surface area contributed by atoms with Crippen LogP contribution in [0.5, 0.6) is 0 Å². The molecular weight excluding hydrogens is 340 g/mol. The number of rotatable bonds is 5. The second kappa shape index (κ2) is 7.23. The van der Waals surface area contributed by atoms with E-state index in [0.717, 1.165) is 41.7 Å². The molecule has 1 aliphatic rings. The average Bonchev–Trinajstić information content (AvgIpc) is 3.28. The number of carbonyl (C=O) groups is 2. The van der Waals surface area contributed by atoms with Crippen molar-refractivity contribution in [3.63, 3.8) is 0 Å². The van der Waals surface area contributed by atoms with E-state index in [1.165, 1.54) is 0 Å². The number of para-hydroxylation sites is 2. The molecule has 0 radical (unpaired) electrons. The van der Waals surface area contributed by atoms with E-state index >= 15 is 0 Å². The summed E-state index contributed by atoms with van der Waals surface area (Å²) in [5, 5.41) is 2.98. The maximum atomic E-state index is 12.4. The number of benzene rings is 2. The Kier molecular flexibility index (Phi) is 4.62. The number of aromatic nitrogens is 2. The third-order valence-corrected chi connectivity index (χ3v) is 5.01. The minimum atomic E-state index is -0.0745. The smallest absolute Gasteiger partial charge is 0.251 e. The normalized spacial score (nSPS) is 13.0. The SMILES string of the molecule is CC(=O)N1CCc2cc(C(=O)NCCCn3cnc4ccccc43)ccc21. The van der Waals surface area contributed by atoms with E-state index < -0.39 is 0 Å². The van der Waals surface area contributed by atoms with E-state index in [4.69, 9.17) is 0 Å². The Hall–Kier alpha value is -3.15. The number of amides is 2. The molecule has 138 valence electrons. The van der Waals surface area contributed by atoms with Crippen LogP contribution >= 0.6 is 0 Å². The van der Waals surface area contributed by atoms with Crippen LogP contribution in [0.3, 0.4) is 0 Å². The topological polar surface area (TPSA) is 67.2 Å². The average molecular weight is 362 g/mol. The molecule has 0 spiro atoms. The van der Waals surface area contributed by atoms with Crippen LogP contribution in [0.2, 0.25) is 0 Å². The second-order valence-corrected chi connectivity index (χ2v) is 6.80. The number of hydrogen-bond donors (Lipinski definition) is 1. The molecule has 0 atom stereocenters. The van der Waals surface area contributed by atoms with Gasteiger partial charge in [-0.15, -0.1) is 0 Å². The summed E-state index contributed by atoms with van der Waals surface area (Å²) in [6.45, 7) is 3.66. The van der Waals surface area contributed by atoms with Gasteiger partial charge in [0.25, 0.3) is 5.91 Å². The number of nitrogens with one attached hydrogen (secondary N) is 1. The number of imidazole rings is 1. The predicted octanol–water partition coefficient (Wildman–Crippen LogP) is 2.77. The first-order chi connectivity index (χ1) is 13.1. The summed E-state index contributed by atoms with van der Waals surface area (Å²) >= 11 is 0. The van der Waals surface area contributed by atoms with Crippen molar-refractivity contribution in [3.05, 3.63) is 59.9 Å². The number of aryl methyl sites for hydroxylation is 1. The van der Waals surface area contributed by atoms with Crippen LogP contribution in [0, 0.1) is 0 Å². The Bertz CT molecular complexity index is 1010. The van der Waals surface area contributed by atoms with Gasteiger partial charge in [-0.25, -0.2) is 4.98 Å². The van der Waals surface area contributed by atoms with Gasteiger partial charge in [0.2, 0.25) is 5.91 Å². The fraction of sp³-hybridized carbons (Fsp3) is 0.286. The van der Waals surface area contributed by atoms with Crippen molar-refractivity contribution in [3.8, 4) is 0 Å². The molecule has 27 heavy (non-hydrogen) atoms. The lowest BCUT2D eigenvalue weighted by Crippen LogP contribution is -2.26. The van der Waals surface area contributed by atoms with Gasteiger partial charge in [-0.1, -0.05) is 12.1 Å². The molecule has 4 rings (SSSR count). The number of hydrogen-bond acceptors (Lipinski definition) is 3. The lowest BCUT2D eigenvalue weighted by molar-refractivity contribution is -0.116. The van der Waals surface area contributed by atoms with Crippen molar-refractivity contribution in [2.45, 2.75) is 26.3 Å². The van der Waals surface area contributed by atoms with Gasteiger partial charge in [0.15, 0.2) is 0 Å². The third kappa shape index (κ3) is 3.43. The molecule has 0 unspecified atom stereocenters. The molecule has 1 aromatic heterocycles. The monoisotopic (exact) mass is 362 g/mol. The second-order valence-electron chi connectivity index (χ2n) is 6.80. The van der Waals surface area contributed by atoms with Crippen molar-refractivity contribution < 1.29 is 9.59 Å². The van der Waals surface area contributed by atoms with Crippen LogP contribution in [0.15, 0.2) is 48.8 Å². The standard InChI is InChI=1S/C21H22N4O2/c1-15(26)25-12-9-16-13-17(7-8-19(16)25)21(27)22-10-4-11-24-14-23-18-5-2-3-6-20(18)24/h2-3,5-8,13-14H,4,9-12H2,1H3,(H,22,27). The molecular formula is C21H22N4O2. The van der Waals surface area contributed by atoms with E-state index in [9.17, 15) is 9.59 Å². The van der Waals surface area contributed by atoms with Gasteiger partial charge in [0.05, 0.1) is 17.4 Å². The van der Waals surface area contributed by atoms with Gasteiger partial charge in [-0.05, 0) is 48.7 Å². The molecule has 1 aliphatic heterocycles. The maximum Gasteiger partial charge on any atom is 0.251 e. The molecule has 3 aromatic rings. The quantitative estimate of drug-likeness (QED) is 0.710. The van der Waals surface area contributed by atoms with Crippen LogP contribution in [-0.2, 0) is 17.8 Å². The molecule has 0 aliphatic carbocycles. The maximum absolute atomic E-state index is 12.4. The molecule has 6 nitrogen and oxygen atoms in total. The first-order valence-corrected chi connectivity index (χ1v) is 9.22. The van der Waals surface area contributed by atoms with E-state index in [1.807, 2.05) is 36.7 Å². The lowest BCUT2D eigenvalue weighted by atomic mass is 10.1. The van der Waals surface area contributed by atoms with Gasteiger partial charge >= 0.3 is 0 Å². The van der Waals surface area contributed by atoms with Crippen molar-refractivity contribution in [2.24, 2.45) is 0 Å². The number of fused-ring (bicyclic) bond motifs is 2. The van der Waals surface area contributed by atoms with Gasteiger partial charge < -0.3 is 14.8 Å². The summed E-state index contributed by atoms with van der Waals surface area (Å²) in [4.78, 5) is 30.2. The number of anilines is 1. The van der Waals surface area contributed by atoms with Gasteiger partial charge in [-0.2, -0.15) is 0 Å². The Morgan fingerprint density at radius 3 is 2.89 bits per heavy atom. The molecule has 6 heteroatoms. The van der Waals surface area contributed by atoms with Crippen LogP contribution in [-0.4, -0.2) is 34.5 Å². The number of carbonyl (C=O) groups excluding carboxylic acids is 2. The summed E-state index contributed by atoms with van der Waals surface area (Å²) in [7, 11) is 0. The Balaban J connectivity index is 1.33. The molecule has 0 saturated carbocycles. The van der Waals surface area contributed by atoms with Crippen LogP contribution in [0.1, 0.15) is 29.3 Å². The molecule has 1 N–H and O–H groups in total. The zero-order valence-electron chi connectivity index (χ0n) is 15.3. The van der Waals surface area contributed by atoms with E-state index in [2.05, 4.69) is 20.9 Å². The highest BCUT2D eigenvalue weighted by atomic mass is 16.2. The minimum Gasteiger partial charge on any atom is -0.352 e. The first-order valence-electron chi connectivity index (χ1n) is 9.22. The van der Waals surface area contributed by atoms with E-state index in [1.54, 1.807) is 17.9 Å². The molecule has 0 bridgehead atoms. The van der Waals surface area contributed by atoms with Gasteiger partial charge in [0, 0.05) is 37.8 Å². The van der Waals surface area contributed by atoms with Crippen LogP contribution in [0.4, 0.5) is 5.69 Å². The molecule has 0 saturated heterocycles. The fourth-order valence-electron chi connectivity index (χ4n) is 3.61. The highest BCUT2D eigenvalue weighted by molar-refractivity contribution is 5.97. The Labute approximate surface area is 157 Å². The van der Waals surface area contributed by atoms with Crippen molar-refractivity contribution >= 4 is 28.5 Å². The Morgan fingerprint density at radius 1 is 1.19 bits per heavy atom. The zero-order chi connectivity index (χ0) is 18.8. The fourth-order valence-corrected chi connectivity index (χ4v) is 3.61. The van der Waals surface area contributed by atoms with Crippen LogP contribution in [0.25, 0.3) is 11.0 Å². The first kappa shape index (κ1) is 17.3. The molecule has 0 fully saturated rings. The van der Waals surface area contributed by atoms with Crippen LogP contribution < -0.4 is 10.2 Å². The summed E-state index contributed by atoms with van der Waals surface area (Å²) in [6, 6.07) is 13.6. The Morgan fingerprint density at radius 2 is 2.04 bits per heavy atom. The van der Waals surface area contributed by atoms with E-state index in [-0.39, 0.29) is 11.8 Å². The third-order valence-electron chi connectivity index (χ3n) is 5.01. The summed E-state index contributed by atoms with van der Waals surface area (Å²) in [5.74, 6) is -0.0347. The molecule has 2 amide bonds. The van der Waals surface area contributed by atoms with Crippen molar-refractivity contribution in [1.82, 2.24) is 14.9 Å². The lowest BCUT2D eigenvalue weighted by Gasteiger charge is -2.14. The summed E-state index contributed by atoms with van der Waals surface area (Å²) in [6.07, 6.45) is 3.46.